The Kier molecular flexibility index (Phi) is 4.67. The number of carbonyl (C=O) groups is 1. The quantitative estimate of drug-likeness (QED) is 0.710. The lowest BCUT2D eigenvalue weighted by Gasteiger charge is -2.10. The number of benzene rings is 2. The van der Waals surface area contributed by atoms with E-state index in [9.17, 15) is 4.79 Å². The number of aromatic nitrogens is 2. The topological polar surface area (TPSA) is 54.9 Å². The van der Waals surface area contributed by atoms with Crippen LogP contribution in [0.3, 0.4) is 0 Å². The molecule has 5 heteroatoms. The maximum atomic E-state index is 11.7. The van der Waals surface area contributed by atoms with Crippen molar-refractivity contribution in [2.24, 2.45) is 0 Å². The Hall–Kier alpha value is -2.27. The van der Waals surface area contributed by atoms with E-state index in [2.05, 4.69) is 31.2 Å². The zero-order valence-electron chi connectivity index (χ0n) is 12.7. The summed E-state index contributed by atoms with van der Waals surface area (Å²) in [6, 6.07) is 13.8. The van der Waals surface area contributed by atoms with Gasteiger partial charge in [-0.3, -0.25) is 4.79 Å². The third kappa shape index (κ3) is 3.74. The molecule has 0 amide bonds. The van der Waals surface area contributed by atoms with Crippen LogP contribution in [0.4, 0.5) is 11.5 Å². The maximum Gasteiger partial charge on any atom is 0.141 e. The van der Waals surface area contributed by atoms with Gasteiger partial charge in [-0.25, -0.2) is 9.97 Å². The molecule has 0 saturated heterocycles. The minimum absolute atomic E-state index is 0.225. The van der Waals surface area contributed by atoms with Crippen LogP contribution in [-0.2, 0) is 11.2 Å². The molecule has 0 spiro atoms. The Morgan fingerprint density at radius 1 is 1.17 bits per heavy atom. The molecule has 0 fully saturated rings. The van der Waals surface area contributed by atoms with Crippen molar-refractivity contribution in [1.82, 2.24) is 9.97 Å². The number of hydrogen-bond donors (Lipinski definition) is 1. The van der Waals surface area contributed by atoms with Crippen LogP contribution in [0.15, 0.2) is 53.3 Å². The van der Waals surface area contributed by atoms with E-state index < -0.39 is 0 Å². The lowest BCUT2D eigenvalue weighted by atomic mass is 10.1. The van der Waals surface area contributed by atoms with Gasteiger partial charge in [-0.1, -0.05) is 35.0 Å². The van der Waals surface area contributed by atoms with E-state index in [-0.39, 0.29) is 5.78 Å². The summed E-state index contributed by atoms with van der Waals surface area (Å²) in [7, 11) is 0. The molecule has 0 atom stereocenters. The average molecular weight is 370 g/mol. The SMILES string of the molecule is CCC(=O)Cc1ccc2ncnc(Nc3cccc(Br)c3)c2c1. The van der Waals surface area contributed by atoms with Crippen LogP contribution in [-0.4, -0.2) is 15.8 Å². The molecule has 4 nitrogen and oxygen atoms in total. The van der Waals surface area contributed by atoms with Crippen LogP contribution in [0.1, 0.15) is 18.9 Å². The number of halogens is 1. The molecule has 23 heavy (non-hydrogen) atoms. The first-order valence-corrected chi connectivity index (χ1v) is 8.23. The first-order chi connectivity index (χ1) is 11.2. The lowest BCUT2D eigenvalue weighted by Crippen LogP contribution is -2.01. The standard InChI is InChI=1S/C18H16BrN3O/c1-2-15(23)8-12-6-7-17-16(9-12)18(21-11-20-17)22-14-5-3-4-13(19)10-14/h3-7,9-11H,2,8H2,1H3,(H,20,21,22). The van der Waals surface area contributed by atoms with Gasteiger partial charge in [-0.05, 0) is 35.9 Å². The molecule has 0 bridgehead atoms. The van der Waals surface area contributed by atoms with Gasteiger partial charge in [-0.15, -0.1) is 0 Å². The number of nitrogens with zero attached hydrogens (tertiary/aromatic N) is 2. The summed E-state index contributed by atoms with van der Waals surface area (Å²) in [5.41, 5.74) is 2.77. The summed E-state index contributed by atoms with van der Waals surface area (Å²) < 4.78 is 0.995. The Morgan fingerprint density at radius 2 is 2.04 bits per heavy atom. The van der Waals surface area contributed by atoms with E-state index in [1.165, 1.54) is 0 Å². The fraction of sp³-hybridized carbons (Fsp3) is 0.167. The number of nitrogens with one attached hydrogen (secondary N) is 1. The van der Waals surface area contributed by atoms with Gasteiger partial charge in [0.2, 0.25) is 0 Å². The summed E-state index contributed by atoms with van der Waals surface area (Å²) in [6.45, 7) is 1.88. The van der Waals surface area contributed by atoms with Gasteiger partial charge in [0.05, 0.1) is 5.52 Å². The first kappa shape index (κ1) is 15.6. The minimum Gasteiger partial charge on any atom is -0.340 e. The third-order valence-electron chi connectivity index (χ3n) is 3.58. The molecule has 0 aliphatic carbocycles. The van der Waals surface area contributed by atoms with E-state index >= 15 is 0 Å². The number of rotatable bonds is 5. The van der Waals surface area contributed by atoms with Crippen molar-refractivity contribution < 1.29 is 4.79 Å². The average Bonchev–Trinajstić information content (AvgIpc) is 2.55. The smallest absolute Gasteiger partial charge is 0.141 e. The highest BCUT2D eigenvalue weighted by atomic mass is 79.9. The zero-order chi connectivity index (χ0) is 16.2. The second kappa shape index (κ2) is 6.87. The van der Waals surface area contributed by atoms with E-state index in [1.54, 1.807) is 6.33 Å². The van der Waals surface area contributed by atoms with Gasteiger partial charge < -0.3 is 5.32 Å². The molecular weight excluding hydrogens is 354 g/mol. The molecule has 0 radical (unpaired) electrons. The number of hydrogen-bond acceptors (Lipinski definition) is 4. The second-order valence-electron chi connectivity index (χ2n) is 5.28. The van der Waals surface area contributed by atoms with Gasteiger partial charge >= 0.3 is 0 Å². The number of Topliss-reactive ketones (excluding diaryl/α,β-unsaturated/α-hetero) is 1. The molecular formula is C18H16BrN3O. The Morgan fingerprint density at radius 3 is 2.83 bits per heavy atom. The summed E-state index contributed by atoms with van der Waals surface area (Å²) >= 11 is 3.46. The fourth-order valence-corrected chi connectivity index (χ4v) is 2.77. The van der Waals surface area contributed by atoms with E-state index in [0.29, 0.717) is 12.8 Å². The molecule has 1 heterocycles. The summed E-state index contributed by atoms with van der Waals surface area (Å²) in [5, 5.41) is 4.23. The molecule has 1 aromatic heterocycles. The maximum absolute atomic E-state index is 11.7. The normalized spacial score (nSPS) is 10.7. The van der Waals surface area contributed by atoms with Crippen molar-refractivity contribution in [3.8, 4) is 0 Å². The van der Waals surface area contributed by atoms with Crippen LogP contribution in [0, 0.1) is 0 Å². The van der Waals surface area contributed by atoms with Gasteiger partial charge in [0, 0.05) is 28.4 Å². The number of anilines is 2. The highest BCUT2D eigenvalue weighted by molar-refractivity contribution is 9.10. The molecule has 2 aromatic carbocycles. The molecule has 3 aromatic rings. The summed E-state index contributed by atoms with van der Waals surface area (Å²) in [4.78, 5) is 20.3. The minimum atomic E-state index is 0.225. The largest absolute Gasteiger partial charge is 0.340 e. The lowest BCUT2D eigenvalue weighted by molar-refractivity contribution is -0.118. The predicted octanol–water partition coefficient (Wildman–Crippen LogP) is 4.66. The molecule has 0 unspecified atom stereocenters. The second-order valence-corrected chi connectivity index (χ2v) is 6.19. The molecule has 0 aliphatic rings. The van der Waals surface area contributed by atoms with E-state index in [4.69, 9.17) is 0 Å². The first-order valence-electron chi connectivity index (χ1n) is 7.43. The summed E-state index contributed by atoms with van der Waals surface area (Å²) in [5.74, 6) is 0.960. The van der Waals surface area contributed by atoms with Crippen molar-refractivity contribution in [3.05, 3.63) is 58.8 Å². The zero-order valence-corrected chi connectivity index (χ0v) is 14.3. The van der Waals surface area contributed by atoms with Crippen molar-refractivity contribution in [2.45, 2.75) is 19.8 Å². The van der Waals surface area contributed by atoms with Crippen LogP contribution >= 0.6 is 15.9 Å². The van der Waals surface area contributed by atoms with Crippen molar-refractivity contribution in [3.63, 3.8) is 0 Å². The van der Waals surface area contributed by atoms with Crippen molar-refractivity contribution in [1.29, 1.82) is 0 Å². The van der Waals surface area contributed by atoms with Crippen LogP contribution < -0.4 is 5.32 Å². The number of carbonyl (C=O) groups excluding carboxylic acids is 1. The van der Waals surface area contributed by atoms with E-state index in [1.807, 2.05) is 49.4 Å². The molecule has 0 aliphatic heterocycles. The van der Waals surface area contributed by atoms with Crippen LogP contribution in [0.2, 0.25) is 0 Å². The predicted molar refractivity (Wildman–Crippen MR) is 96.0 cm³/mol. The van der Waals surface area contributed by atoms with Gasteiger partial charge in [0.25, 0.3) is 0 Å². The Labute approximate surface area is 143 Å². The van der Waals surface area contributed by atoms with Gasteiger partial charge in [-0.2, -0.15) is 0 Å². The highest BCUT2D eigenvalue weighted by Gasteiger charge is 2.07. The molecule has 1 N–H and O–H groups in total. The molecule has 3 rings (SSSR count). The van der Waals surface area contributed by atoms with Crippen LogP contribution in [0.5, 0.6) is 0 Å². The molecule has 116 valence electrons. The third-order valence-corrected chi connectivity index (χ3v) is 4.08. The monoisotopic (exact) mass is 369 g/mol. The Bertz CT molecular complexity index is 864. The van der Waals surface area contributed by atoms with Crippen LogP contribution in [0.25, 0.3) is 10.9 Å². The molecule has 0 saturated carbocycles. The van der Waals surface area contributed by atoms with Crippen molar-refractivity contribution in [2.75, 3.05) is 5.32 Å². The fourth-order valence-electron chi connectivity index (χ4n) is 2.37. The summed E-state index contributed by atoms with van der Waals surface area (Å²) in [6.07, 6.45) is 2.53. The van der Waals surface area contributed by atoms with Gasteiger partial charge in [0.1, 0.15) is 17.9 Å². The number of ketones is 1. The van der Waals surface area contributed by atoms with Crippen molar-refractivity contribution >= 4 is 44.1 Å². The van der Waals surface area contributed by atoms with Gasteiger partial charge in [0.15, 0.2) is 0 Å². The Balaban J connectivity index is 1.99. The van der Waals surface area contributed by atoms with E-state index in [0.717, 1.165) is 32.4 Å². The highest BCUT2D eigenvalue weighted by Crippen LogP contribution is 2.25. The number of fused-ring (bicyclic) bond motifs is 1.